The standard InChI is InChI=1S/C16H18N2O/c1-11-6-4-5-7-15(11)13(3)18-16(19)14-9-8-12(2)17-10-14/h4-10,13H,1-3H3,(H,18,19). The second kappa shape index (κ2) is 5.65. The van der Waals surface area contributed by atoms with Crippen LogP contribution in [0, 0.1) is 13.8 Å². The van der Waals surface area contributed by atoms with Crippen molar-refractivity contribution in [2.24, 2.45) is 0 Å². The molecule has 1 atom stereocenters. The summed E-state index contributed by atoms with van der Waals surface area (Å²) < 4.78 is 0. The van der Waals surface area contributed by atoms with Gasteiger partial charge in [0, 0.05) is 11.9 Å². The van der Waals surface area contributed by atoms with Gasteiger partial charge in [0.05, 0.1) is 11.6 Å². The summed E-state index contributed by atoms with van der Waals surface area (Å²) in [5, 5.41) is 2.99. The van der Waals surface area contributed by atoms with Crippen LogP contribution < -0.4 is 5.32 Å². The maximum atomic E-state index is 12.1. The van der Waals surface area contributed by atoms with Crippen LogP contribution in [0.5, 0.6) is 0 Å². The van der Waals surface area contributed by atoms with E-state index in [1.807, 2.05) is 51.1 Å². The lowest BCUT2D eigenvalue weighted by Crippen LogP contribution is -2.27. The van der Waals surface area contributed by atoms with Gasteiger partial charge in [0.15, 0.2) is 0 Å². The summed E-state index contributed by atoms with van der Waals surface area (Å²) in [6.45, 7) is 5.94. The third-order valence-corrected chi connectivity index (χ3v) is 3.18. The van der Waals surface area contributed by atoms with Crippen LogP contribution in [0.2, 0.25) is 0 Å². The molecular formula is C16H18N2O. The summed E-state index contributed by atoms with van der Waals surface area (Å²) in [7, 11) is 0. The Kier molecular flexibility index (Phi) is 3.95. The first-order valence-electron chi connectivity index (χ1n) is 6.37. The highest BCUT2D eigenvalue weighted by atomic mass is 16.1. The largest absolute Gasteiger partial charge is 0.345 e. The van der Waals surface area contributed by atoms with E-state index in [1.54, 1.807) is 12.3 Å². The molecular weight excluding hydrogens is 236 g/mol. The molecule has 3 heteroatoms. The number of carbonyl (C=O) groups excluding carboxylic acids is 1. The Hall–Kier alpha value is -2.16. The van der Waals surface area contributed by atoms with Crippen LogP contribution in [-0.4, -0.2) is 10.9 Å². The number of carbonyl (C=O) groups is 1. The average Bonchev–Trinajstić information content (AvgIpc) is 2.39. The Bertz CT molecular complexity index is 576. The number of hydrogen-bond donors (Lipinski definition) is 1. The third kappa shape index (κ3) is 3.19. The van der Waals surface area contributed by atoms with Crippen molar-refractivity contribution in [1.29, 1.82) is 0 Å². The molecule has 0 aliphatic rings. The molecule has 3 nitrogen and oxygen atoms in total. The summed E-state index contributed by atoms with van der Waals surface area (Å²) in [5.41, 5.74) is 3.81. The van der Waals surface area contributed by atoms with Gasteiger partial charge in [-0.2, -0.15) is 0 Å². The van der Waals surface area contributed by atoms with Crippen LogP contribution in [-0.2, 0) is 0 Å². The first-order valence-corrected chi connectivity index (χ1v) is 6.37. The predicted octanol–water partition coefficient (Wildman–Crippen LogP) is 3.19. The number of nitrogens with zero attached hydrogens (tertiary/aromatic N) is 1. The van der Waals surface area contributed by atoms with Crippen molar-refractivity contribution >= 4 is 5.91 Å². The highest BCUT2D eigenvalue weighted by Gasteiger charge is 2.12. The zero-order valence-electron chi connectivity index (χ0n) is 11.5. The maximum Gasteiger partial charge on any atom is 0.253 e. The van der Waals surface area contributed by atoms with E-state index in [-0.39, 0.29) is 11.9 Å². The minimum atomic E-state index is -0.0942. The SMILES string of the molecule is Cc1ccc(C(=O)NC(C)c2ccccc2C)cn1. The fourth-order valence-electron chi connectivity index (χ4n) is 2.03. The average molecular weight is 254 g/mol. The highest BCUT2D eigenvalue weighted by molar-refractivity contribution is 5.94. The molecule has 0 spiro atoms. The number of aryl methyl sites for hydroxylation is 2. The Morgan fingerprint density at radius 3 is 2.53 bits per heavy atom. The van der Waals surface area contributed by atoms with Crippen molar-refractivity contribution < 1.29 is 4.79 Å². The number of benzene rings is 1. The molecule has 1 aromatic carbocycles. The van der Waals surface area contributed by atoms with Gasteiger partial charge in [0.1, 0.15) is 0 Å². The van der Waals surface area contributed by atoms with E-state index in [1.165, 1.54) is 5.56 Å². The van der Waals surface area contributed by atoms with Gasteiger partial charge in [-0.1, -0.05) is 24.3 Å². The molecule has 1 aromatic heterocycles. The molecule has 1 N–H and O–H groups in total. The second-order valence-electron chi connectivity index (χ2n) is 4.74. The fraction of sp³-hybridized carbons (Fsp3) is 0.250. The lowest BCUT2D eigenvalue weighted by Gasteiger charge is -2.16. The van der Waals surface area contributed by atoms with Crippen molar-refractivity contribution in [3.63, 3.8) is 0 Å². The molecule has 0 radical (unpaired) electrons. The molecule has 0 aliphatic carbocycles. The summed E-state index contributed by atoms with van der Waals surface area (Å²) in [5.74, 6) is -0.0942. The third-order valence-electron chi connectivity index (χ3n) is 3.18. The molecule has 98 valence electrons. The second-order valence-corrected chi connectivity index (χ2v) is 4.74. The van der Waals surface area contributed by atoms with Crippen molar-refractivity contribution in [3.05, 3.63) is 65.0 Å². The minimum Gasteiger partial charge on any atom is -0.345 e. The monoisotopic (exact) mass is 254 g/mol. The number of aromatic nitrogens is 1. The van der Waals surface area contributed by atoms with Gasteiger partial charge in [-0.05, 0) is 44.0 Å². The number of amides is 1. The Balaban J connectivity index is 2.11. The van der Waals surface area contributed by atoms with Crippen LogP contribution in [0.3, 0.4) is 0 Å². The molecule has 1 unspecified atom stereocenters. The van der Waals surface area contributed by atoms with E-state index >= 15 is 0 Å². The van der Waals surface area contributed by atoms with Gasteiger partial charge in [0.25, 0.3) is 5.91 Å². The summed E-state index contributed by atoms with van der Waals surface area (Å²) in [6.07, 6.45) is 1.61. The Labute approximate surface area is 113 Å². The van der Waals surface area contributed by atoms with E-state index in [4.69, 9.17) is 0 Å². The van der Waals surface area contributed by atoms with Crippen LogP contribution >= 0.6 is 0 Å². The Morgan fingerprint density at radius 2 is 1.89 bits per heavy atom. The lowest BCUT2D eigenvalue weighted by atomic mass is 10.0. The molecule has 0 saturated heterocycles. The number of hydrogen-bond acceptors (Lipinski definition) is 2. The molecule has 1 heterocycles. The van der Waals surface area contributed by atoms with E-state index in [9.17, 15) is 4.79 Å². The summed E-state index contributed by atoms with van der Waals surface area (Å²) in [6, 6.07) is 11.7. The van der Waals surface area contributed by atoms with Crippen LogP contribution in [0.1, 0.15) is 40.1 Å². The fourth-order valence-corrected chi connectivity index (χ4v) is 2.03. The van der Waals surface area contributed by atoms with Crippen molar-refractivity contribution in [1.82, 2.24) is 10.3 Å². The summed E-state index contributed by atoms with van der Waals surface area (Å²) in [4.78, 5) is 16.2. The lowest BCUT2D eigenvalue weighted by molar-refractivity contribution is 0.0939. The van der Waals surface area contributed by atoms with Crippen LogP contribution in [0.15, 0.2) is 42.6 Å². The maximum absolute atomic E-state index is 12.1. The van der Waals surface area contributed by atoms with E-state index in [2.05, 4.69) is 10.3 Å². The Morgan fingerprint density at radius 1 is 1.16 bits per heavy atom. The van der Waals surface area contributed by atoms with Crippen molar-refractivity contribution in [2.75, 3.05) is 0 Å². The molecule has 19 heavy (non-hydrogen) atoms. The predicted molar refractivity (Wildman–Crippen MR) is 76.0 cm³/mol. The van der Waals surface area contributed by atoms with Gasteiger partial charge in [0.2, 0.25) is 0 Å². The molecule has 0 fully saturated rings. The van der Waals surface area contributed by atoms with Crippen molar-refractivity contribution in [2.45, 2.75) is 26.8 Å². The van der Waals surface area contributed by atoms with Gasteiger partial charge in [-0.15, -0.1) is 0 Å². The zero-order valence-corrected chi connectivity index (χ0v) is 11.5. The molecule has 1 amide bonds. The molecule has 0 aliphatic heterocycles. The number of nitrogens with one attached hydrogen (secondary N) is 1. The molecule has 0 saturated carbocycles. The highest BCUT2D eigenvalue weighted by Crippen LogP contribution is 2.17. The first kappa shape index (κ1) is 13.3. The van der Waals surface area contributed by atoms with Gasteiger partial charge >= 0.3 is 0 Å². The van der Waals surface area contributed by atoms with Crippen LogP contribution in [0.4, 0.5) is 0 Å². The zero-order chi connectivity index (χ0) is 13.8. The van der Waals surface area contributed by atoms with E-state index in [0.717, 1.165) is 11.3 Å². The van der Waals surface area contributed by atoms with Crippen molar-refractivity contribution in [3.8, 4) is 0 Å². The topological polar surface area (TPSA) is 42.0 Å². The summed E-state index contributed by atoms with van der Waals surface area (Å²) >= 11 is 0. The molecule has 0 bridgehead atoms. The van der Waals surface area contributed by atoms with E-state index < -0.39 is 0 Å². The number of pyridine rings is 1. The first-order chi connectivity index (χ1) is 9.08. The quantitative estimate of drug-likeness (QED) is 0.914. The van der Waals surface area contributed by atoms with Gasteiger partial charge in [-0.25, -0.2) is 0 Å². The van der Waals surface area contributed by atoms with Gasteiger partial charge < -0.3 is 5.32 Å². The van der Waals surface area contributed by atoms with Gasteiger partial charge in [-0.3, -0.25) is 9.78 Å². The van der Waals surface area contributed by atoms with Crippen LogP contribution in [0.25, 0.3) is 0 Å². The smallest absolute Gasteiger partial charge is 0.253 e. The minimum absolute atomic E-state index is 0.0185. The number of rotatable bonds is 3. The van der Waals surface area contributed by atoms with E-state index in [0.29, 0.717) is 5.56 Å². The normalized spacial score (nSPS) is 11.9. The molecule has 2 aromatic rings. The molecule has 2 rings (SSSR count).